The fourth-order valence-electron chi connectivity index (χ4n) is 4.39. The van der Waals surface area contributed by atoms with Crippen molar-refractivity contribution in [2.75, 3.05) is 4.90 Å². The Morgan fingerprint density at radius 2 is 1.73 bits per heavy atom. The summed E-state index contributed by atoms with van der Waals surface area (Å²) >= 11 is 0. The smallest absolute Gasteiger partial charge is 0.230 e. The number of benzene rings is 2. The average Bonchev–Trinajstić information content (AvgIpc) is 3.38. The lowest BCUT2D eigenvalue weighted by molar-refractivity contribution is -0.122. The number of rotatable bonds is 8. The van der Waals surface area contributed by atoms with Gasteiger partial charge in [-0.1, -0.05) is 55.3 Å². The van der Waals surface area contributed by atoms with Crippen molar-refractivity contribution in [1.82, 2.24) is 10.3 Å². The highest BCUT2D eigenvalue weighted by Crippen LogP contribution is 2.30. The Morgan fingerprint density at radius 1 is 0.970 bits per heavy atom. The monoisotopic (exact) mass is 441 g/mol. The van der Waals surface area contributed by atoms with Crippen LogP contribution in [-0.2, 0) is 29.1 Å². The third kappa shape index (κ3) is 6.07. The molecule has 5 heteroatoms. The second kappa shape index (κ2) is 10.9. The first kappa shape index (κ1) is 22.7. The minimum atomic E-state index is -0.0367. The van der Waals surface area contributed by atoms with Crippen molar-refractivity contribution in [3.63, 3.8) is 0 Å². The molecule has 5 nitrogen and oxygen atoms in total. The van der Waals surface area contributed by atoms with Crippen LogP contribution in [0.5, 0.6) is 0 Å². The molecule has 2 aromatic carbocycles. The van der Waals surface area contributed by atoms with Crippen molar-refractivity contribution in [2.45, 2.75) is 52.1 Å². The number of aromatic nitrogens is 1. The molecular formula is C28H31N3O2. The van der Waals surface area contributed by atoms with Crippen LogP contribution in [0.3, 0.4) is 0 Å². The van der Waals surface area contributed by atoms with Crippen LogP contribution in [0.4, 0.5) is 5.69 Å². The fourth-order valence-corrected chi connectivity index (χ4v) is 4.39. The van der Waals surface area contributed by atoms with E-state index in [1.165, 1.54) is 5.56 Å². The second-order valence-corrected chi connectivity index (χ2v) is 8.81. The summed E-state index contributed by atoms with van der Waals surface area (Å²) < 4.78 is 0. The van der Waals surface area contributed by atoms with Crippen LogP contribution >= 0.6 is 0 Å². The number of anilines is 1. The Balaban J connectivity index is 1.45. The van der Waals surface area contributed by atoms with Crippen LogP contribution < -0.4 is 10.2 Å². The molecule has 0 unspecified atom stereocenters. The van der Waals surface area contributed by atoms with Crippen molar-refractivity contribution in [3.8, 4) is 0 Å². The molecule has 3 aromatic rings. The van der Waals surface area contributed by atoms with Crippen LogP contribution in [0, 0.1) is 12.8 Å². The highest BCUT2D eigenvalue weighted by molar-refractivity contribution is 5.95. The van der Waals surface area contributed by atoms with Crippen molar-refractivity contribution in [3.05, 3.63) is 95.3 Å². The molecule has 1 saturated carbocycles. The molecular weight excluding hydrogens is 410 g/mol. The van der Waals surface area contributed by atoms with E-state index >= 15 is 0 Å². The zero-order chi connectivity index (χ0) is 23.0. The van der Waals surface area contributed by atoms with Crippen molar-refractivity contribution >= 4 is 17.5 Å². The summed E-state index contributed by atoms with van der Waals surface area (Å²) in [6.07, 6.45) is 7.96. The van der Waals surface area contributed by atoms with Crippen molar-refractivity contribution in [1.29, 1.82) is 0 Å². The first-order valence-electron chi connectivity index (χ1n) is 11.7. The molecule has 0 saturated heterocycles. The van der Waals surface area contributed by atoms with Gasteiger partial charge in [-0.2, -0.15) is 0 Å². The summed E-state index contributed by atoms with van der Waals surface area (Å²) in [4.78, 5) is 31.8. The maximum absolute atomic E-state index is 13.4. The predicted molar refractivity (Wildman–Crippen MR) is 131 cm³/mol. The number of aryl methyl sites for hydroxylation is 1. The Labute approximate surface area is 195 Å². The maximum atomic E-state index is 13.4. The van der Waals surface area contributed by atoms with Gasteiger partial charge in [0.2, 0.25) is 11.8 Å². The van der Waals surface area contributed by atoms with Gasteiger partial charge in [0.05, 0.1) is 13.0 Å². The van der Waals surface area contributed by atoms with E-state index in [1.54, 1.807) is 12.4 Å². The largest absolute Gasteiger partial charge is 0.352 e. The van der Waals surface area contributed by atoms with E-state index in [2.05, 4.69) is 29.4 Å². The lowest BCUT2D eigenvalue weighted by Gasteiger charge is -2.27. The van der Waals surface area contributed by atoms with Gasteiger partial charge in [-0.15, -0.1) is 0 Å². The maximum Gasteiger partial charge on any atom is 0.230 e. The first-order valence-corrected chi connectivity index (χ1v) is 11.7. The third-order valence-electron chi connectivity index (χ3n) is 6.39. The zero-order valence-electron chi connectivity index (χ0n) is 19.2. The molecule has 1 heterocycles. The molecule has 0 spiro atoms. The summed E-state index contributed by atoms with van der Waals surface area (Å²) in [7, 11) is 0. The number of carbonyl (C=O) groups excluding carboxylic acids is 2. The van der Waals surface area contributed by atoms with E-state index in [1.807, 2.05) is 53.4 Å². The van der Waals surface area contributed by atoms with Gasteiger partial charge in [0.15, 0.2) is 0 Å². The van der Waals surface area contributed by atoms with Gasteiger partial charge < -0.3 is 10.2 Å². The molecule has 0 aliphatic heterocycles. The Hall–Kier alpha value is -3.47. The number of hydrogen-bond donors (Lipinski definition) is 1. The second-order valence-electron chi connectivity index (χ2n) is 8.81. The molecule has 33 heavy (non-hydrogen) atoms. The summed E-state index contributed by atoms with van der Waals surface area (Å²) in [6, 6.07) is 19.8. The standard InChI is InChI=1S/C28H31N3O2/c1-21-7-2-3-11-25(21)20-31(28(33)24-9-4-5-10-24)26-14-12-22(13-15-26)17-27(32)30-19-23-8-6-16-29-18-23/h2-3,6-8,11-16,18,24H,4-5,9-10,17,19-20H2,1H3,(H,30,32). The average molecular weight is 442 g/mol. The van der Waals surface area contributed by atoms with E-state index in [0.717, 1.165) is 48.1 Å². The van der Waals surface area contributed by atoms with Crippen LogP contribution in [0.1, 0.15) is 47.9 Å². The number of pyridine rings is 1. The number of hydrogen-bond acceptors (Lipinski definition) is 3. The zero-order valence-corrected chi connectivity index (χ0v) is 19.2. The normalized spacial score (nSPS) is 13.6. The third-order valence-corrected chi connectivity index (χ3v) is 6.39. The molecule has 0 atom stereocenters. The summed E-state index contributed by atoms with van der Waals surface area (Å²) in [5, 5.41) is 2.94. The molecule has 1 N–H and O–H groups in total. The molecule has 1 aliphatic carbocycles. The first-order chi connectivity index (χ1) is 16.1. The Bertz CT molecular complexity index is 1070. The topological polar surface area (TPSA) is 62.3 Å². The van der Waals surface area contributed by atoms with Crippen LogP contribution in [0.25, 0.3) is 0 Å². The fraction of sp³-hybridized carbons (Fsp3) is 0.321. The highest BCUT2D eigenvalue weighted by atomic mass is 16.2. The number of carbonyl (C=O) groups is 2. The van der Waals surface area contributed by atoms with Crippen LogP contribution in [0.2, 0.25) is 0 Å². The molecule has 0 bridgehead atoms. The van der Waals surface area contributed by atoms with Gasteiger partial charge in [-0.3, -0.25) is 14.6 Å². The molecule has 2 amide bonds. The minimum Gasteiger partial charge on any atom is -0.352 e. The van der Waals surface area contributed by atoms with Crippen LogP contribution in [-0.4, -0.2) is 16.8 Å². The summed E-state index contributed by atoms with van der Waals surface area (Å²) in [5.41, 5.74) is 5.12. The predicted octanol–water partition coefficient (Wildman–Crippen LogP) is 4.97. The molecule has 4 rings (SSSR count). The van der Waals surface area contributed by atoms with Crippen molar-refractivity contribution < 1.29 is 9.59 Å². The lowest BCUT2D eigenvalue weighted by atomic mass is 10.0. The van der Waals surface area contributed by atoms with Crippen LogP contribution in [0.15, 0.2) is 73.1 Å². The number of nitrogens with one attached hydrogen (secondary N) is 1. The molecule has 1 aliphatic rings. The van der Waals surface area contributed by atoms with Gasteiger partial charge in [0.1, 0.15) is 0 Å². The highest BCUT2D eigenvalue weighted by Gasteiger charge is 2.28. The Morgan fingerprint density at radius 3 is 2.42 bits per heavy atom. The van der Waals surface area contributed by atoms with Gasteiger partial charge in [0.25, 0.3) is 0 Å². The molecule has 1 aromatic heterocycles. The van der Waals surface area contributed by atoms with Gasteiger partial charge in [-0.25, -0.2) is 0 Å². The van der Waals surface area contributed by atoms with Gasteiger partial charge in [-0.05, 0) is 60.2 Å². The van der Waals surface area contributed by atoms with E-state index in [-0.39, 0.29) is 17.7 Å². The quantitative estimate of drug-likeness (QED) is 0.537. The minimum absolute atomic E-state index is 0.0367. The molecule has 1 fully saturated rings. The lowest BCUT2D eigenvalue weighted by Crippen LogP contribution is -2.35. The van der Waals surface area contributed by atoms with Gasteiger partial charge in [0, 0.05) is 30.5 Å². The molecule has 0 radical (unpaired) electrons. The summed E-state index contributed by atoms with van der Waals surface area (Å²) in [6.45, 7) is 3.11. The van der Waals surface area contributed by atoms with E-state index < -0.39 is 0 Å². The summed E-state index contributed by atoms with van der Waals surface area (Å²) in [5.74, 6) is 0.273. The van der Waals surface area contributed by atoms with E-state index in [4.69, 9.17) is 0 Å². The number of nitrogens with zero attached hydrogens (tertiary/aromatic N) is 2. The number of amides is 2. The van der Waals surface area contributed by atoms with Gasteiger partial charge >= 0.3 is 0 Å². The van der Waals surface area contributed by atoms with E-state index in [9.17, 15) is 9.59 Å². The van der Waals surface area contributed by atoms with Crippen molar-refractivity contribution in [2.24, 2.45) is 5.92 Å². The molecule has 170 valence electrons. The Kier molecular flexibility index (Phi) is 7.51. The SMILES string of the molecule is Cc1ccccc1CN(C(=O)C1CCCC1)c1ccc(CC(=O)NCc2cccnc2)cc1. The van der Waals surface area contributed by atoms with E-state index in [0.29, 0.717) is 19.5 Å².